The van der Waals surface area contributed by atoms with Gasteiger partial charge in [-0.05, 0) is 29.8 Å². The summed E-state index contributed by atoms with van der Waals surface area (Å²) in [4.78, 5) is 35.3. The summed E-state index contributed by atoms with van der Waals surface area (Å²) in [6, 6.07) is 6.74. The highest BCUT2D eigenvalue weighted by atomic mass is 35.5. The van der Waals surface area contributed by atoms with Gasteiger partial charge in [0.2, 0.25) is 0 Å². The van der Waals surface area contributed by atoms with Crippen molar-refractivity contribution >= 4 is 41.3 Å². The van der Waals surface area contributed by atoms with Gasteiger partial charge in [-0.25, -0.2) is 18.4 Å². The number of halogens is 3. The summed E-state index contributed by atoms with van der Waals surface area (Å²) in [5.41, 5.74) is 0.361. The summed E-state index contributed by atoms with van der Waals surface area (Å²) in [6.45, 7) is 0. The van der Waals surface area contributed by atoms with E-state index in [2.05, 4.69) is 10.1 Å². The maximum absolute atomic E-state index is 13.3. The molecule has 9 heteroatoms. The molecule has 0 saturated carbocycles. The summed E-state index contributed by atoms with van der Waals surface area (Å²) >= 11 is 5.70. The van der Waals surface area contributed by atoms with Gasteiger partial charge in [-0.2, -0.15) is 0 Å². The average Bonchev–Trinajstić information content (AvgIpc) is 2.63. The van der Waals surface area contributed by atoms with Crippen LogP contribution in [0.25, 0.3) is 6.08 Å². The lowest BCUT2D eigenvalue weighted by atomic mass is 10.1. The Balaban J connectivity index is 2.12. The van der Waals surface area contributed by atoms with E-state index in [9.17, 15) is 23.2 Å². The molecule has 0 spiro atoms. The van der Waals surface area contributed by atoms with Gasteiger partial charge in [-0.15, -0.1) is 0 Å². The molecule has 27 heavy (non-hydrogen) atoms. The number of imide groups is 1. The van der Waals surface area contributed by atoms with Crippen molar-refractivity contribution in [2.45, 2.75) is 0 Å². The van der Waals surface area contributed by atoms with E-state index in [0.29, 0.717) is 23.4 Å². The van der Waals surface area contributed by atoms with Crippen molar-refractivity contribution in [3.8, 4) is 0 Å². The van der Waals surface area contributed by atoms with Crippen LogP contribution in [-0.4, -0.2) is 25.0 Å². The van der Waals surface area contributed by atoms with Crippen LogP contribution < -0.4 is 10.6 Å². The SMILES string of the molecule is COC(=O)/C=C/c1ccccc1NC(=O)NC(=O)c1cc(F)c(F)cc1Cl. The van der Waals surface area contributed by atoms with Crippen molar-refractivity contribution in [1.29, 1.82) is 0 Å². The van der Waals surface area contributed by atoms with Gasteiger partial charge in [0.15, 0.2) is 11.6 Å². The molecule has 6 nitrogen and oxygen atoms in total. The van der Waals surface area contributed by atoms with E-state index in [-0.39, 0.29) is 5.02 Å². The zero-order valence-electron chi connectivity index (χ0n) is 13.9. The number of rotatable bonds is 4. The van der Waals surface area contributed by atoms with E-state index in [1.54, 1.807) is 18.2 Å². The molecule has 0 aliphatic rings. The van der Waals surface area contributed by atoms with Gasteiger partial charge < -0.3 is 10.1 Å². The summed E-state index contributed by atoms with van der Waals surface area (Å²) in [6.07, 6.45) is 2.57. The molecule has 140 valence electrons. The number of esters is 1. The topological polar surface area (TPSA) is 84.5 Å². The quantitative estimate of drug-likeness (QED) is 0.469. The van der Waals surface area contributed by atoms with Gasteiger partial charge in [0.25, 0.3) is 5.91 Å². The number of carbonyl (C=O) groups excluding carboxylic acids is 3. The number of para-hydroxylation sites is 1. The fourth-order valence-corrected chi connectivity index (χ4v) is 2.24. The van der Waals surface area contributed by atoms with E-state index in [4.69, 9.17) is 11.6 Å². The normalized spacial score (nSPS) is 10.5. The van der Waals surface area contributed by atoms with Crippen molar-refractivity contribution in [2.75, 3.05) is 12.4 Å². The molecule has 0 fully saturated rings. The standard InChI is InChI=1S/C18H13ClF2N2O4/c1-27-16(24)7-6-10-4-2-3-5-15(10)22-18(26)23-17(25)11-8-13(20)14(21)9-12(11)19/h2-9H,1H3,(H2,22,23,25,26)/b7-6+. The monoisotopic (exact) mass is 394 g/mol. The summed E-state index contributed by atoms with van der Waals surface area (Å²) < 4.78 is 30.8. The third kappa shape index (κ3) is 5.35. The fraction of sp³-hybridized carbons (Fsp3) is 0.0556. The van der Waals surface area contributed by atoms with E-state index in [1.807, 2.05) is 5.32 Å². The van der Waals surface area contributed by atoms with Gasteiger partial charge >= 0.3 is 12.0 Å². The highest BCUT2D eigenvalue weighted by Crippen LogP contribution is 2.20. The number of anilines is 1. The van der Waals surface area contributed by atoms with E-state index < -0.39 is 35.1 Å². The largest absolute Gasteiger partial charge is 0.466 e. The third-order valence-electron chi connectivity index (χ3n) is 3.29. The Morgan fingerprint density at radius 1 is 1.11 bits per heavy atom. The molecule has 0 atom stereocenters. The van der Waals surface area contributed by atoms with E-state index in [0.717, 1.165) is 6.08 Å². The summed E-state index contributed by atoms with van der Waals surface area (Å²) in [7, 11) is 1.22. The molecule has 2 N–H and O–H groups in total. The van der Waals surface area contributed by atoms with Gasteiger partial charge in [0.1, 0.15) is 0 Å². The number of ether oxygens (including phenoxy) is 1. The van der Waals surface area contributed by atoms with Crippen molar-refractivity contribution in [1.82, 2.24) is 5.32 Å². The Bertz CT molecular complexity index is 932. The summed E-state index contributed by atoms with van der Waals surface area (Å²) in [5.74, 6) is -4.09. The van der Waals surface area contributed by atoms with Crippen LogP contribution in [0.5, 0.6) is 0 Å². The van der Waals surface area contributed by atoms with E-state index in [1.165, 1.54) is 19.3 Å². The maximum atomic E-state index is 13.3. The molecule has 2 rings (SSSR count). The first-order valence-corrected chi connectivity index (χ1v) is 7.81. The zero-order chi connectivity index (χ0) is 20.0. The number of amides is 3. The minimum absolute atomic E-state index is 0.291. The van der Waals surface area contributed by atoms with Crippen LogP contribution in [0.15, 0.2) is 42.5 Å². The second-order valence-corrected chi connectivity index (χ2v) is 5.51. The minimum atomic E-state index is -1.27. The molecule has 0 heterocycles. The molecule has 2 aromatic rings. The average molecular weight is 395 g/mol. The highest BCUT2D eigenvalue weighted by Gasteiger charge is 2.17. The fourth-order valence-electron chi connectivity index (χ4n) is 2.00. The molecule has 3 amide bonds. The van der Waals surface area contributed by atoms with Crippen molar-refractivity contribution in [3.05, 3.63) is 70.3 Å². The van der Waals surface area contributed by atoms with Crippen LogP contribution in [-0.2, 0) is 9.53 Å². The minimum Gasteiger partial charge on any atom is -0.466 e. The first-order valence-electron chi connectivity index (χ1n) is 7.43. The van der Waals surface area contributed by atoms with Crippen LogP contribution in [0, 0.1) is 11.6 Å². The second kappa shape index (κ2) is 8.91. The predicted molar refractivity (Wildman–Crippen MR) is 95.3 cm³/mol. The van der Waals surface area contributed by atoms with Gasteiger partial charge in [-0.1, -0.05) is 29.8 Å². The Labute approximate surface area is 157 Å². The lowest BCUT2D eigenvalue weighted by Gasteiger charge is -2.10. The van der Waals surface area contributed by atoms with Crippen LogP contribution in [0.4, 0.5) is 19.3 Å². The van der Waals surface area contributed by atoms with Crippen molar-refractivity contribution in [3.63, 3.8) is 0 Å². The number of benzene rings is 2. The van der Waals surface area contributed by atoms with Crippen LogP contribution in [0.2, 0.25) is 5.02 Å². The molecule has 0 aliphatic carbocycles. The molecule has 0 unspecified atom stereocenters. The number of nitrogens with one attached hydrogen (secondary N) is 2. The molecule has 0 radical (unpaired) electrons. The molecular weight excluding hydrogens is 382 g/mol. The predicted octanol–water partition coefficient (Wildman–Crippen LogP) is 3.77. The number of carbonyl (C=O) groups is 3. The molecular formula is C18H13ClF2N2O4. The first kappa shape index (κ1) is 20.1. The van der Waals surface area contributed by atoms with Crippen LogP contribution >= 0.6 is 11.6 Å². The summed E-state index contributed by atoms with van der Waals surface area (Å²) in [5, 5.41) is 4.02. The molecule has 0 bridgehead atoms. The number of hydrogen-bond donors (Lipinski definition) is 2. The van der Waals surface area contributed by atoms with Gasteiger partial charge in [-0.3, -0.25) is 10.1 Å². The third-order valence-corrected chi connectivity index (χ3v) is 3.60. The lowest BCUT2D eigenvalue weighted by molar-refractivity contribution is -0.134. The lowest BCUT2D eigenvalue weighted by Crippen LogP contribution is -2.34. The smallest absolute Gasteiger partial charge is 0.330 e. The van der Waals surface area contributed by atoms with Gasteiger partial charge in [0.05, 0.1) is 17.7 Å². The first-order chi connectivity index (χ1) is 12.8. The molecule has 0 aromatic heterocycles. The van der Waals surface area contributed by atoms with Crippen LogP contribution in [0.3, 0.4) is 0 Å². The van der Waals surface area contributed by atoms with Crippen molar-refractivity contribution in [2.24, 2.45) is 0 Å². The Morgan fingerprint density at radius 2 is 1.78 bits per heavy atom. The second-order valence-electron chi connectivity index (χ2n) is 5.10. The van der Waals surface area contributed by atoms with Gasteiger partial charge in [0, 0.05) is 11.8 Å². The van der Waals surface area contributed by atoms with Crippen LogP contribution in [0.1, 0.15) is 15.9 Å². The molecule has 2 aromatic carbocycles. The number of methoxy groups -OCH3 is 1. The molecule has 0 saturated heterocycles. The van der Waals surface area contributed by atoms with E-state index >= 15 is 0 Å². The Kier molecular flexibility index (Phi) is 6.62. The molecule has 0 aliphatic heterocycles. The highest BCUT2D eigenvalue weighted by molar-refractivity contribution is 6.34. The zero-order valence-corrected chi connectivity index (χ0v) is 14.6. The number of hydrogen-bond acceptors (Lipinski definition) is 4. The number of urea groups is 1. The maximum Gasteiger partial charge on any atom is 0.330 e. The Morgan fingerprint density at radius 3 is 2.48 bits per heavy atom. The van der Waals surface area contributed by atoms with Crippen molar-refractivity contribution < 1.29 is 27.9 Å². The Hall–Kier alpha value is -3.26.